The molecule has 3 N–H and O–H groups in total. The molecular weight excluding hydrogens is 523 g/mol. The highest BCUT2D eigenvalue weighted by atomic mass is 19.4. The molecule has 5 rings (SSSR count). The van der Waals surface area contributed by atoms with Gasteiger partial charge in [0.1, 0.15) is 5.84 Å². The molecule has 0 saturated carbocycles. The Morgan fingerprint density at radius 3 is 2.55 bits per heavy atom. The standard InChI is InChI=1S/C29H34F3N5O3/c1-3-7-28(39)14-36(15-28)12-19-8-22-23(24(9-19)29(30,31)32)13-37(26(22)38)21-6-4-5-20(10-21)27(16-40-17-27)11-25(34)35(2)18-33/h4-6,8-10,18,33-34,39H,3,7,11-17H2,1-2H3. The van der Waals surface area contributed by atoms with Gasteiger partial charge in [0.2, 0.25) is 0 Å². The van der Waals surface area contributed by atoms with E-state index in [0.29, 0.717) is 50.4 Å². The van der Waals surface area contributed by atoms with Crippen molar-refractivity contribution in [1.29, 1.82) is 10.8 Å². The number of ether oxygens (including phenoxy) is 1. The fraction of sp³-hybridized carbons (Fsp3) is 0.483. The van der Waals surface area contributed by atoms with Crippen LogP contribution in [0.1, 0.15) is 58.8 Å². The highest BCUT2D eigenvalue weighted by molar-refractivity contribution is 6.10. The van der Waals surface area contributed by atoms with E-state index in [2.05, 4.69) is 0 Å². The molecule has 8 nitrogen and oxygen atoms in total. The molecule has 0 spiro atoms. The Morgan fingerprint density at radius 2 is 1.95 bits per heavy atom. The van der Waals surface area contributed by atoms with Gasteiger partial charge < -0.3 is 19.6 Å². The molecule has 3 aliphatic heterocycles. The number of benzene rings is 2. The van der Waals surface area contributed by atoms with E-state index in [-0.39, 0.29) is 30.1 Å². The number of β-amino-alcohol motifs (C(OH)–C–C–N with tert-alkyl or cyclic N) is 1. The molecule has 3 aliphatic rings. The first-order valence-electron chi connectivity index (χ1n) is 13.4. The van der Waals surface area contributed by atoms with Crippen LogP contribution >= 0.6 is 0 Å². The molecule has 40 heavy (non-hydrogen) atoms. The summed E-state index contributed by atoms with van der Waals surface area (Å²) in [6.45, 7) is 3.53. The van der Waals surface area contributed by atoms with Crippen LogP contribution in [0, 0.1) is 10.8 Å². The topological polar surface area (TPSA) is 104 Å². The van der Waals surface area contributed by atoms with Crippen LogP contribution < -0.4 is 4.90 Å². The zero-order chi connectivity index (χ0) is 28.9. The van der Waals surface area contributed by atoms with Crippen molar-refractivity contribution in [1.82, 2.24) is 9.80 Å². The van der Waals surface area contributed by atoms with E-state index < -0.39 is 28.7 Å². The van der Waals surface area contributed by atoms with Gasteiger partial charge in [-0.3, -0.25) is 20.5 Å². The number of nitrogens with zero attached hydrogens (tertiary/aromatic N) is 3. The third kappa shape index (κ3) is 5.13. The summed E-state index contributed by atoms with van der Waals surface area (Å²) in [5, 5.41) is 26.2. The van der Waals surface area contributed by atoms with Gasteiger partial charge in [-0.25, -0.2) is 0 Å². The Labute approximate surface area is 231 Å². The molecule has 0 aromatic heterocycles. The maximum Gasteiger partial charge on any atom is 0.416 e. The number of aliphatic hydroxyl groups is 1. The van der Waals surface area contributed by atoms with Gasteiger partial charge >= 0.3 is 6.18 Å². The number of hydrogen-bond donors (Lipinski definition) is 3. The normalized spacial score (nSPS) is 19.6. The minimum Gasteiger partial charge on any atom is -0.387 e. The number of carbonyl (C=O) groups excluding carboxylic acids is 1. The number of carbonyl (C=O) groups is 1. The second kappa shape index (κ2) is 10.3. The largest absolute Gasteiger partial charge is 0.416 e. The number of rotatable bonds is 9. The second-order valence-corrected chi connectivity index (χ2v) is 11.4. The zero-order valence-electron chi connectivity index (χ0n) is 22.6. The van der Waals surface area contributed by atoms with Crippen molar-refractivity contribution in [3.8, 4) is 0 Å². The van der Waals surface area contributed by atoms with Crippen molar-refractivity contribution in [3.05, 3.63) is 64.2 Å². The van der Waals surface area contributed by atoms with Gasteiger partial charge in [0, 0.05) is 49.8 Å². The average molecular weight is 558 g/mol. The van der Waals surface area contributed by atoms with Crippen molar-refractivity contribution in [3.63, 3.8) is 0 Å². The van der Waals surface area contributed by atoms with Crippen molar-refractivity contribution >= 4 is 23.8 Å². The molecule has 0 unspecified atom stereocenters. The number of alkyl halides is 3. The van der Waals surface area contributed by atoms with Gasteiger partial charge in [0.25, 0.3) is 5.91 Å². The first kappa shape index (κ1) is 28.3. The summed E-state index contributed by atoms with van der Waals surface area (Å²) in [5.41, 5.74) is -0.384. The van der Waals surface area contributed by atoms with Gasteiger partial charge in [-0.2, -0.15) is 13.2 Å². The average Bonchev–Trinajstić information content (AvgIpc) is 3.20. The zero-order valence-corrected chi connectivity index (χ0v) is 22.6. The Hall–Kier alpha value is -3.28. The number of nitrogens with one attached hydrogen (secondary N) is 2. The lowest BCUT2D eigenvalue weighted by atomic mass is 9.75. The van der Waals surface area contributed by atoms with Crippen molar-refractivity contribution in [2.24, 2.45) is 0 Å². The van der Waals surface area contributed by atoms with Crippen molar-refractivity contribution in [2.75, 3.05) is 38.3 Å². The van der Waals surface area contributed by atoms with E-state index in [1.807, 2.05) is 17.9 Å². The molecule has 2 saturated heterocycles. The Kier molecular flexibility index (Phi) is 7.26. The Morgan fingerprint density at radius 1 is 1.23 bits per heavy atom. The fourth-order valence-electron chi connectivity index (χ4n) is 6.05. The summed E-state index contributed by atoms with van der Waals surface area (Å²) in [7, 11) is 1.62. The van der Waals surface area contributed by atoms with E-state index in [4.69, 9.17) is 15.6 Å². The number of halogens is 3. The molecule has 3 heterocycles. The van der Waals surface area contributed by atoms with Gasteiger partial charge in [-0.1, -0.05) is 25.5 Å². The quantitative estimate of drug-likeness (QED) is 0.314. The van der Waals surface area contributed by atoms with Crippen LogP contribution in [0.3, 0.4) is 0 Å². The summed E-state index contributed by atoms with van der Waals surface area (Å²) in [4.78, 5) is 18.2. The summed E-state index contributed by atoms with van der Waals surface area (Å²) in [6.07, 6.45) is -1.77. The molecule has 0 aliphatic carbocycles. The second-order valence-electron chi connectivity index (χ2n) is 11.4. The minimum atomic E-state index is -4.62. The Bertz CT molecular complexity index is 1330. The smallest absolute Gasteiger partial charge is 0.387 e. The summed E-state index contributed by atoms with van der Waals surface area (Å²) in [5.74, 6) is -0.244. The number of amidine groups is 1. The highest BCUT2D eigenvalue weighted by Crippen LogP contribution is 2.42. The maximum absolute atomic E-state index is 14.2. The number of likely N-dealkylation sites (tertiary alicyclic amines) is 1. The van der Waals surface area contributed by atoms with E-state index in [1.54, 1.807) is 31.3 Å². The SMILES string of the molecule is CCCC1(O)CN(Cc2cc3c(c(C(F)(F)F)c2)CN(c2cccc(C4(CC(=N)N(C)C=N)COC4)c2)C3=O)C1. The maximum atomic E-state index is 14.2. The van der Waals surface area contributed by atoms with Crippen LogP contribution in [0.15, 0.2) is 36.4 Å². The molecular formula is C29H34F3N5O3. The number of fused-ring (bicyclic) bond motifs is 1. The molecule has 214 valence electrons. The van der Waals surface area contributed by atoms with Crippen LogP contribution in [0.2, 0.25) is 0 Å². The molecule has 0 radical (unpaired) electrons. The van der Waals surface area contributed by atoms with Crippen LogP contribution in [-0.4, -0.2) is 71.9 Å². The van der Waals surface area contributed by atoms with Gasteiger partial charge in [-0.15, -0.1) is 0 Å². The number of anilines is 1. The lowest BCUT2D eigenvalue weighted by Gasteiger charge is -2.46. The number of amides is 1. The van der Waals surface area contributed by atoms with Crippen LogP contribution in [0.5, 0.6) is 0 Å². The molecule has 2 aromatic carbocycles. The molecule has 2 aromatic rings. The molecule has 2 fully saturated rings. The highest BCUT2D eigenvalue weighted by Gasteiger charge is 2.44. The van der Waals surface area contributed by atoms with Crippen LogP contribution in [0.4, 0.5) is 18.9 Å². The Balaban J connectivity index is 1.41. The van der Waals surface area contributed by atoms with Gasteiger partial charge in [0.05, 0.1) is 37.3 Å². The van der Waals surface area contributed by atoms with Crippen LogP contribution in [-0.2, 0) is 29.4 Å². The van der Waals surface area contributed by atoms with Crippen LogP contribution in [0.25, 0.3) is 0 Å². The molecule has 0 atom stereocenters. The summed E-state index contributed by atoms with van der Waals surface area (Å²) < 4.78 is 48.1. The third-order valence-corrected chi connectivity index (χ3v) is 8.22. The third-order valence-electron chi connectivity index (χ3n) is 8.22. The van der Waals surface area contributed by atoms with Gasteiger partial charge in [-0.05, 0) is 47.4 Å². The molecule has 1 amide bonds. The number of hydrogen-bond acceptors (Lipinski definition) is 6. The van der Waals surface area contributed by atoms with Crippen molar-refractivity contribution in [2.45, 2.75) is 56.5 Å². The molecule has 11 heteroatoms. The lowest BCUT2D eigenvalue weighted by Crippen LogP contribution is -2.60. The monoisotopic (exact) mass is 557 g/mol. The fourth-order valence-corrected chi connectivity index (χ4v) is 6.05. The lowest BCUT2D eigenvalue weighted by molar-refractivity contribution is -0.138. The van der Waals surface area contributed by atoms with E-state index >= 15 is 0 Å². The van der Waals surface area contributed by atoms with E-state index in [1.165, 1.54) is 9.80 Å². The molecule has 0 bridgehead atoms. The summed E-state index contributed by atoms with van der Waals surface area (Å²) >= 11 is 0. The predicted molar refractivity (Wildman–Crippen MR) is 145 cm³/mol. The predicted octanol–water partition coefficient (Wildman–Crippen LogP) is 4.39. The first-order chi connectivity index (χ1) is 18.9. The van der Waals surface area contributed by atoms with Gasteiger partial charge in [0.15, 0.2) is 0 Å². The van der Waals surface area contributed by atoms with E-state index in [0.717, 1.165) is 24.4 Å². The summed E-state index contributed by atoms with van der Waals surface area (Å²) in [6, 6.07) is 9.84. The first-order valence-corrected chi connectivity index (χ1v) is 13.4. The minimum absolute atomic E-state index is 0.0335. The van der Waals surface area contributed by atoms with Crippen molar-refractivity contribution < 1.29 is 27.8 Å². The van der Waals surface area contributed by atoms with E-state index in [9.17, 15) is 23.1 Å².